The number of fused-ring (bicyclic) bond motifs is 1. The van der Waals surface area contributed by atoms with Gasteiger partial charge in [-0.3, -0.25) is 5.10 Å². The lowest BCUT2D eigenvalue weighted by Crippen LogP contribution is -2.46. The molecule has 0 spiro atoms. The van der Waals surface area contributed by atoms with Crippen LogP contribution in [0.4, 0.5) is 19.0 Å². The predicted octanol–water partition coefficient (Wildman–Crippen LogP) is 4.50. The summed E-state index contributed by atoms with van der Waals surface area (Å²) >= 11 is 0. The molecule has 1 aliphatic rings. The maximum atomic E-state index is 13.8. The summed E-state index contributed by atoms with van der Waals surface area (Å²) < 4.78 is 41.5. The van der Waals surface area contributed by atoms with Gasteiger partial charge in [-0.1, -0.05) is 29.8 Å². The Hall–Kier alpha value is -3.46. The number of hydrogen-bond acceptors (Lipinski definition) is 5. The van der Waals surface area contributed by atoms with Gasteiger partial charge in [0.1, 0.15) is 17.2 Å². The first-order valence-corrected chi connectivity index (χ1v) is 10.3. The molecular formula is C23H21F3N6. The van der Waals surface area contributed by atoms with Gasteiger partial charge in [-0.15, -0.1) is 0 Å². The number of pyridine rings is 2. The van der Waals surface area contributed by atoms with E-state index in [2.05, 4.69) is 37.6 Å². The number of benzene rings is 1. The van der Waals surface area contributed by atoms with Crippen molar-refractivity contribution in [1.82, 2.24) is 25.5 Å². The van der Waals surface area contributed by atoms with E-state index in [0.717, 1.165) is 17.2 Å². The Morgan fingerprint density at radius 2 is 1.94 bits per heavy atom. The molecule has 2 N–H and O–H groups in total. The summed E-state index contributed by atoms with van der Waals surface area (Å²) in [7, 11) is 0. The third kappa shape index (κ3) is 3.80. The number of aromatic nitrogens is 4. The van der Waals surface area contributed by atoms with Crippen LogP contribution in [0.2, 0.25) is 0 Å². The van der Waals surface area contributed by atoms with Crippen molar-refractivity contribution in [2.75, 3.05) is 24.5 Å². The molecule has 1 aromatic carbocycles. The van der Waals surface area contributed by atoms with E-state index >= 15 is 0 Å². The van der Waals surface area contributed by atoms with Crippen molar-refractivity contribution in [1.29, 1.82) is 0 Å². The summed E-state index contributed by atoms with van der Waals surface area (Å²) in [4.78, 5) is 10.6. The fourth-order valence-corrected chi connectivity index (χ4v) is 4.14. The molecule has 1 atom stereocenters. The van der Waals surface area contributed by atoms with E-state index in [4.69, 9.17) is 0 Å². The van der Waals surface area contributed by atoms with Crippen LogP contribution in [-0.2, 0) is 6.18 Å². The number of halogens is 3. The minimum atomic E-state index is -4.55. The number of anilines is 1. The summed E-state index contributed by atoms with van der Waals surface area (Å²) in [6.07, 6.45) is -2.99. The number of nitrogens with zero attached hydrogens (tertiary/aromatic N) is 4. The number of alkyl halides is 3. The summed E-state index contributed by atoms with van der Waals surface area (Å²) in [5.74, 6) is 0.493. The van der Waals surface area contributed by atoms with Gasteiger partial charge >= 0.3 is 6.18 Å². The Balaban J connectivity index is 1.55. The molecule has 6 nitrogen and oxygen atoms in total. The Labute approximate surface area is 182 Å². The molecule has 4 heterocycles. The van der Waals surface area contributed by atoms with Gasteiger partial charge in [0.05, 0.1) is 5.56 Å². The van der Waals surface area contributed by atoms with E-state index in [1.165, 1.54) is 6.07 Å². The Morgan fingerprint density at radius 1 is 1.06 bits per heavy atom. The van der Waals surface area contributed by atoms with Crippen LogP contribution < -0.4 is 10.2 Å². The third-order valence-electron chi connectivity index (χ3n) is 5.69. The molecular weight excluding hydrogens is 417 g/mol. The van der Waals surface area contributed by atoms with Gasteiger partial charge in [-0.25, -0.2) is 9.97 Å². The first-order chi connectivity index (χ1) is 15.4. The molecule has 0 aliphatic carbocycles. The molecule has 32 heavy (non-hydrogen) atoms. The van der Waals surface area contributed by atoms with Gasteiger partial charge in [0.2, 0.25) is 0 Å². The minimum absolute atomic E-state index is 0.0617. The van der Waals surface area contributed by atoms with Crippen molar-refractivity contribution in [3.63, 3.8) is 0 Å². The molecule has 9 heteroatoms. The van der Waals surface area contributed by atoms with Gasteiger partial charge in [-0.05, 0) is 36.8 Å². The Kier molecular flexibility index (Phi) is 5.05. The van der Waals surface area contributed by atoms with Crippen molar-refractivity contribution in [2.24, 2.45) is 0 Å². The zero-order chi connectivity index (χ0) is 22.3. The zero-order valence-electron chi connectivity index (χ0n) is 17.3. The number of H-pyrrole nitrogens is 1. The lowest BCUT2D eigenvalue weighted by molar-refractivity contribution is -0.137. The van der Waals surface area contributed by atoms with Gasteiger partial charge in [0, 0.05) is 37.3 Å². The maximum Gasteiger partial charge on any atom is 0.418 e. The van der Waals surface area contributed by atoms with Crippen molar-refractivity contribution in [2.45, 2.75) is 19.1 Å². The molecule has 1 unspecified atom stereocenters. The number of hydrogen-bond donors (Lipinski definition) is 2. The van der Waals surface area contributed by atoms with E-state index in [1.54, 1.807) is 18.3 Å². The maximum absolute atomic E-state index is 13.8. The fraction of sp³-hybridized carbons (Fsp3) is 0.261. The smallest absolute Gasteiger partial charge is 0.353 e. The van der Waals surface area contributed by atoms with Crippen LogP contribution in [0.1, 0.15) is 22.7 Å². The summed E-state index contributed by atoms with van der Waals surface area (Å²) in [5.41, 5.74) is 1.86. The van der Waals surface area contributed by atoms with Crippen molar-refractivity contribution in [3.05, 3.63) is 71.4 Å². The highest BCUT2D eigenvalue weighted by Crippen LogP contribution is 2.38. The van der Waals surface area contributed by atoms with Crippen LogP contribution >= 0.6 is 0 Å². The van der Waals surface area contributed by atoms with E-state index in [1.807, 2.05) is 24.0 Å². The predicted molar refractivity (Wildman–Crippen MR) is 116 cm³/mol. The van der Waals surface area contributed by atoms with Crippen molar-refractivity contribution in [3.8, 4) is 11.4 Å². The second-order valence-corrected chi connectivity index (χ2v) is 7.90. The number of aromatic amines is 1. The van der Waals surface area contributed by atoms with Gasteiger partial charge in [-0.2, -0.15) is 18.3 Å². The number of aryl methyl sites for hydroxylation is 1. The van der Waals surface area contributed by atoms with Gasteiger partial charge in [0.25, 0.3) is 0 Å². The molecule has 0 amide bonds. The highest BCUT2D eigenvalue weighted by Gasteiger charge is 2.36. The second-order valence-electron chi connectivity index (χ2n) is 7.90. The molecule has 5 rings (SSSR count). The quantitative estimate of drug-likeness (QED) is 0.493. The summed E-state index contributed by atoms with van der Waals surface area (Å²) in [5, 5.41) is 10.8. The van der Waals surface area contributed by atoms with Crippen LogP contribution in [0.25, 0.3) is 22.4 Å². The van der Waals surface area contributed by atoms with Crippen LogP contribution in [0, 0.1) is 6.92 Å². The van der Waals surface area contributed by atoms with Gasteiger partial charge in [0.15, 0.2) is 5.65 Å². The molecule has 3 aromatic heterocycles. The number of rotatable bonds is 3. The van der Waals surface area contributed by atoms with E-state index < -0.39 is 11.7 Å². The first kappa shape index (κ1) is 20.4. The molecule has 1 saturated heterocycles. The molecule has 0 radical (unpaired) electrons. The molecule has 1 fully saturated rings. The normalized spacial score (nSPS) is 17.1. The molecule has 0 saturated carbocycles. The first-order valence-electron chi connectivity index (χ1n) is 10.3. The highest BCUT2D eigenvalue weighted by atomic mass is 19.4. The monoisotopic (exact) mass is 438 g/mol. The SMILES string of the molecule is Cc1cccc(C2CN(c3ccc(C(F)(F)F)c(-c4n[nH]c5ncccc45)n3)CCN2)c1. The Morgan fingerprint density at radius 3 is 2.75 bits per heavy atom. The summed E-state index contributed by atoms with van der Waals surface area (Å²) in [6.45, 7) is 3.98. The van der Waals surface area contributed by atoms with Crippen LogP contribution in [0.3, 0.4) is 0 Å². The number of nitrogens with one attached hydrogen (secondary N) is 2. The minimum Gasteiger partial charge on any atom is -0.353 e. The van der Waals surface area contributed by atoms with E-state index in [0.29, 0.717) is 36.5 Å². The van der Waals surface area contributed by atoms with E-state index in [-0.39, 0.29) is 17.4 Å². The third-order valence-corrected chi connectivity index (χ3v) is 5.69. The topological polar surface area (TPSA) is 69.7 Å². The lowest BCUT2D eigenvalue weighted by Gasteiger charge is -2.35. The van der Waals surface area contributed by atoms with Crippen molar-refractivity contribution < 1.29 is 13.2 Å². The molecule has 1 aliphatic heterocycles. The average molecular weight is 438 g/mol. The lowest BCUT2D eigenvalue weighted by atomic mass is 10.0. The van der Waals surface area contributed by atoms with E-state index in [9.17, 15) is 13.2 Å². The number of piperazine rings is 1. The standard InChI is InChI=1S/C23H21F3N6/c1-14-4-2-5-15(12-14)18-13-32(11-10-27-18)19-8-7-17(23(24,25)26)21(29-19)20-16-6-3-9-28-22(16)31-30-20/h2-9,12,18,27H,10-11,13H2,1H3,(H,28,30,31). The Bertz CT molecular complexity index is 1270. The molecule has 164 valence electrons. The van der Waals surface area contributed by atoms with Crippen molar-refractivity contribution >= 4 is 16.9 Å². The van der Waals surface area contributed by atoms with Crippen LogP contribution in [-0.4, -0.2) is 39.8 Å². The molecule has 0 bridgehead atoms. The largest absolute Gasteiger partial charge is 0.418 e. The summed E-state index contributed by atoms with van der Waals surface area (Å²) in [6, 6.07) is 14.2. The van der Waals surface area contributed by atoms with Gasteiger partial charge < -0.3 is 10.2 Å². The fourth-order valence-electron chi connectivity index (χ4n) is 4.14. The average Bonchev–Trinajstić information content (AvgIpc) is 3.22. The highest BCUT2D eigenvalue weighted by molar-refractivity contribution is 5.90. The van der Waals surface area contributed by atoms with Crippen LogP contribution in [0.5, 0.6) is 0 Å². The molecule has 4 aromatic rings. The zero-order valence-corrected chi connectivity index (χ0v) is 17.3. The van der Waals surface area contributed by atoms with Crippen LogP contribution in [0.15, 0.2) is 54.7 Å². The second kappa shape index (κ2) is 7.90.